The molecule has 0 amide bonds. The highest BCUT2D eigenvalue weighted by molar-refractivity contribution is 4.97. The second-order valence-corrected chi connectivity index (χ2v) is 6.77. The van der Waals surface area contributed by atoms with Gasteiger partial charge in [-0.2, -0.15) is 0 Å². The molecule has 0 aliphatic carbocycles. The van der Waals surface area contributed by atoms with Crippen LogP contribution in [0.5, 0.6) is 0 Å². The van der Waals surface area contributed by atoms with Crippen LogP contribution >= 0.6 is 0 Å². The van der Waals surface area contributed by atoms with Crippen molar-refractivity contribution < 1.29 is 0 Å². The second-order valence-electron chi connectivity index (χ2n) is 6.77. The van der Waals surface area contributed by atoms with Crippen molar-refractivity contribution in [2.24, 2.45) is 5.92 Å². The first-order valence-corrected chi connectivity index (χ1v) is 9.72. The highest BCUT2D eigenvalue weighted by Crippen LogP contribution is 2.10. The summed E-state index contributed by atoms with van der Waals surface area (Å²) in [6.45, 7) is 6.89. The van der Waals surface area contributed by atoms with E-state index in [9.17, 15) is 0 Å². The minimum absolute atomic E-state index is 0.873. The molecule has 0 unspecified atom stereocenters. The van der Waals surface area contributed by atoms with Crippen LogP contribution < -0.4 is 0 Å². The summed E-state index contributed by atoms with van der Waals surface area (Å²) in [4.78, 5) is 0. The van der Waals surface area contributed by atoms with Crippen LogP contribution in [0.2, 0.25) is 0 Å². The molecule has 0 saturated heterocycles. The Hall–Kier alpha value is -0.780. The average molecular weight is 305 g/mol. The lowest BCUT2D eigenvalue weighted by Crippen LogP contribution is -1.86. The van der Waals surface area contributed by atoms with Gasteiger partial charge in [-0.05, 0) is 44.4 Å². The quantitative estimate of drug-likeness (QED) is 0.212. The topological polar surface area (TPSA) is 0 Å². The predicted octanol–water partition coefficient (Wildman–Crippen LogP) is 8.01. The summed E-state index contributed by atoms with van der Waals surface area (Å²) in [6.07, 6.45) is 29.6. The van der Waals surface area contributed by atoms with Crippen LogP contribution in [0, 0.1) is 5.92 Å². The van der Waals surface area contributed by atoms with E-state index in [1.807, 2.05) is 0 Å². The van der Waals surface area contributed by atoms with E-state index in [0.717, 1.165) is 18.8 Å². The standard InChI is InChI=1S/C22H40/c1-4-5-6-7-8-9-10-11-12-13-14-15-16-17-18-19-20-21-22(2)3/h8-9,11-12,14-15,22H,4-7,10,13,16-21H2,1-3H3/b9-8-,12-11-,15-14-. The Morgan fingerprint density at radius 3 is 1.64 bits per heavy atom. The van der Waals surface area contributed by atoms with Crippen molar-refractivity contribution in [3.05, 3.63) is 36.5 Å². The Balaban J connectivity index is 3.27. The van der Waals surface area contributed by atoms with E-state index in [4.69, 9.17) is 0 Å². The molecule has 0 atom stereocenters. The van der Waals surface area contributed by atoms with Crippen LogP contribution in [0.25, 0.3) is 0 Å². The van der Waals surface area contributed by atoms with E-state index in [1.54, 1.807) is 0 Å². The van der Waals surface area contributed by atoms with Crippen molar-refractivity contribution >= 4 is 0 Å². The van der Waals surface area contributed by atoms with Crippen molar-refractivity contribution in [1.29, 1.82) is 0 Å². The van der Waals surface area contributed by atoms with Gasteiger partial charge in [0.15, 0.2) is 0 Å². The molecular formula is C22H40. The fourth-order valence-electron chi connectivity index (χ4n) is 2.46. The Morgan fingerprint density at radius 2 is 1.09 bits per heavy atom. The third-order valence-corrected chi connectivity index (χ3v) is 3.92. The van der Waals surface area contributed by atoms with Gasteiger partial charge < -0.3 is 0 Å². The van der Waals surface area contributed by atoms with Gasteiger partial charge in [-0.1, -0.05) is 95.8 Å². The third-order valence-electron chi connectivity index (χ3n) is 3.92. The molecule has 0 N–H and O–H groups in total. The maximum atomic E-state index is 2.35. The molecule has 0 radical (unpaired) electrons. The molecule has 0 aliphatic heterocycles. The Labute approximate surface area is 140 Å². The predicted molar refractivity (Wildman–Crippen MR) is 103 cm³/mol. The number of hydrogen-bond acceptors (Lipinski definition) is 0. The van der Waals surface area contributed by atoms with E-state index in [1.165, 1.54) is 64.2 Å². The van der Waals surface area contributed by atoms with Gasteiger partial charge in [0, 0.05) is 0 Å². The van der Waals surface area contributed by atoms with Crippen LogP contribution in [0.4, 0.5) is 0 Å². The normalized spacial score (nSPS) is 12.5. The third kappa shape index (κ3) is 19.2. The summed E-state index contributed by atoms with van der Waals surface area (Å²) in [7, 11) is 0. The first kappa shape index (κ1) is 21.2. The minimum atomic E-state index is 0.873. The first-order valence-electron chi connectivity index (χ1n) is 9.72. The molecule has 0 aromatic carbocycles. The molecular weight excluding hydrogens is 264 g/mol. The van der Waals surface area contributed by atoms with Crippen LogP contribution in [0.3, 0.4) is 0 Å². The van der Waals surface area contributed by atoms with Crippen molar-refractivity contribution in [3.8, 4) is 0 Å². The number of rotatable bonds is 15. The SMILES string of the molecule is CCCCC/C=C\C/C=C\C/C=C\CCCCCCC(C)C. The largest absolute Gasteiger partial charge is 0.0882 e. The number of allylic oxidation sites excluding steroid dienone is 6. The molecule has 0 aliphatic rings. The van der Waals surface area contributed by atoms with Gasteiger partial charge in [-0.3, -0.25) is 0 Å². The molecule has 0 heteroatoms. The fourth-order valence-corrected chi connectivity index (χ4v) is 2.46. The molecule has 128 valence electrons. The van der Waals surface area contributed by atoms with Crippen molar-refractivity contribution in [3.63, 3.8) is 0 Å². The summed E-state index contributed by atoms with van der Waals surface area (Å²) in [5, 5.41) is 0. The smallest absolute Gasteiger partial charge is 0.0169 e. The second kappa shape index (κ2) is 18.3. The van der Waals surface area contributed by atoms with Gasteiger partial charge in [0.25, 0.3) is 0 Å². The van der Waals surface area contributed by atoms with E-state index in [2.05, 4.69) is 57.2 Å². The highest BCUT2D eigenvalue weighted by Gasteiger charge is 1.93. The monoisotopic (exact) mass is 304 g/mol. The number of hydrogen-bond donors (Lipinski definition) is 0. The zero-order valence-electron chi connectivity index (χ0n) is 15.5. The Morgan fingerprint density at radius 1 is 0.591 bits per heavy atom. The lowest BCUT2D eigenvalue weighted by atomic mass is 10.0. The van der Waals surface area contributed by atoms with E-state index in [-0.39, 0.29) is 0 Å². The summed E-state index contributed by atoms with van der Waals surface area (Å²) >= 11 is 0. The molecule has 0 saturated carbocycles. The van der Waals surface area contributed by atoms with Gasteiger partial charge in [-0.15, -0.1) is 0 Å². The van der Waals surface area contributed by atoms with E-state index < -0.39 is 0 Å². The molecule has 0 fully saturated rings. The minimum Gasteiger partial charge on any atom is -0.0882 e. The molecule has 0 rings (SSSR count). The summed E-state index contributed by atoms with van der Waals surface area (Å²) in [6, 6.07) is 0. The van der Waals surface area contributed by atoms with Gasteiger partial charge in [0.2, 0.25) is 0 Å². The van der Waals surface area contributed by atoms with Crippen LogP contribution in [-0.2, 0) is 0 Å². The first-order chi connectivity index (χ1) is 10.8. The van der Waals surface area contributed by atoms with E-state index >= 15 is 0 Å². The Kier molecular flexibility index (Phi) is 17.6. The van der Waals surface area contributed by atoms with Gasteiger partial charge in [0.1, 0.15) is 0 Å². The fraction of sp³-hybridized carbons (Fsp3) is 0.727. The van der Waals surface area contributed by atoms with Gasteiger partial charge in [0.05, 0.1) is 0 Å². The van der Waals surface area contributed by atoms with Crippen LogP contribution in [-0.4, -0.2) is 0 Å². The molecule has 0 aromatic heterocycles. The number of unbranched alkanes of at least 4 members (excludes halogenated alkanes) is 7. The summed E-state index contributed by atoms with van der Waals surface area (Å²) in [5.74, 6) is 0.873. The van der Waals surface area contributed by atoms with Gasteiger partial charge >= 0.3 is 0 Å². The lowest BCUT2D eigenvalue weighted by Gasteiger charge is -2.02. The average Bonchev–Trinajstić information content (AvgIpc) is 2.50. The van der Waals surface area contributed by atoms with E-state index in [0.29, 0.717) is 0 Å². The molecule has 0 aromatic rings. The summed E-state index contributed by atoms with van der Waals surface area (Å²) in [5.41, 5.74) is 0. The zero-order chi connectivity index (χ0) is 16.3. The molecule has 0 heterocycles. The molecule has 0 nitrogen and oxygen atoms in total. The maximum Gasteiger partial charge on any atom is -0.0169 e. The molecule has 0 bridgehead atoms. The molecule has 22 heavy (non-hydrogen) atoms. The van der Waals surface area contributed by atoms with Gasteiger partial charge in [-0.25, -0.2) is 0 Å². The maximum absolute atomic E-state index is 2.35. The van der Waals surface area contributed by atoms with Crippen LogP contribution in [0.1, 0.15) is 97.8 Å². The summed E-state index contributed by atoms with van der Waals surface area (Å²) < 4.78 is 0. The molecule has 0 spiro atoms. The van der Waals surface area contributed by atoms with Crippen LogP contribution in [0.15, 0.2) is 36.5 Å². The lowest BCUT2D eigenvalue weighted by molar-refractivity contribution is 0.521. The highest BCUT2D eigenvalue weighted by atomic mass is 14.0. The van der Waals surface area contributed by atoms with Crippen molar-refractivity contribution in [2.45, 2.75) is 97.8 Å². The van der Waals surface area contributed by atoms with Crippen molar-refractivity contribution in [2.75, 3.05) is 0 Å². The van der Waals surface area contributed by atoms with Crippen molar-refractivity contribution in [1.82, 2.24) is 0 Å². The Bertz CT molecular complexity index is 280. The zero-order valence-corrected chi connectivity index (χ0v) is 15.5.